The van der Waals surface area contributed by atoms with Crippen molar-refractivity contribution in [3.05, 3.63) is 42.1 Å². The largest absolute Gasteiger partial charge is 0.418 e. The summed E-state index contributed by atoms with van der Waals surface area (Å²) in [5.41, 5.74) is -0.779. The van der Waals surface area contributed by atoms with E-state index in [9.17, 15) is 13.2 Å². The molecule has 1 fully saturated rings. The minimum Gasteiger partial charge on any atom is -0.356 e. The molecule has 3 rings (SSSR count). The highest BCUT2D eigenvalue weighted by Gasteiger charge is 2.33. The number of hydrogen-bond acceptors (Lipinski definition) is 4. The Bertz CT molecular complexity index is 651. The first-order chi connectivity index (χ1) is 10.5. The van der Waals surface area contributed by atoms with E-state index in [0.717, 1.165) is 37.8 Å². The number of nitrogens with zero attached hydrogens (tertiary/aromatic N) is 3. The van der Waals surface area contributed by atoms with E-state index in [2.05, 4.69) is 20.2 Å². The molecule has 0 unspecified atom stereocenters. The van der Waals surface area contributed by atoms with Crippen LogP contribution in [0.25, 0.3) is 0 Å². The standard InChI is InChI=1S/C15H15F3N4/c16-15(17,18)11-5-1-2-6-12(11)20-14-19-8-7-13(21-14)22-9-3-4-10-22/h1-2,5-8H,3-4,9-10H2,(H,19,20,21). The Labute approximate surface area is 126 Å². The number of halogens is 3. The van der Waals surface area contributed by atoms with E-state index in [4.69, 9.17) is 0 Å². The number of anilines is 3. The lowest BCUT2D eigenvalue weighted by atomic mass is 10.1. The molecule has 7 heteroatoms. The van der Waals surface area contributed by atoms with Gasteiger partial charge in [0.1, 0.15) is 5.82 Å². The Balaban J connectivity index is 1.86. The van der Waals surface area contributed by atoms with Crippen LogP contribution in [0.4, 0.5) is 30.6 Å². The fourth-order valence-corrected chi connectivity index (χ4v) is 2.49. The molecule has 0 spiro atoms. The molecule has 0 radical (unpaired) electrons. The summed E-state index contributed by atoms with van der Waals surface area (Å²) in [5, 5.41) is 2.67. The molecule has 4 nitrogen and oxygen atoms in total. The van der Waals surface area contributed by atoms with Crippen molar-refractivity contribution in [2.45, 2.75) is 19.0 Å². The van der Waals surface area contributed by atoms with Crippen molar-refractivity contribution < 1.29 is 13.2 Å². The zero-order chi connectivity index (χ0) is 15.6. The van der Waals surface area contributed by atoms with Crippen LogP contribution in [0.15, 0.2) is 36.5 Å². The van der Waals surface area contributed by atoms with Crippen molar-refractivity contribution in [3.63, 3.8) is 0 Å². The minimum absolute atomic E-state index is 0.0476. The van der Waals surface area contributed by atoms with Gasteiger partial charge in [-0.05, 0) is 31.0 Å². The zero-order valence-corrected chi connectivity index (χ0v) is 11.8. The fourth-order valence-electron chi connectivity index (χ4n) is 2.49. The van der Waals surface area contributed by atoms with Crippen molar-refractivity contribution in [2.75, 3.05) is 23.3 Å². The molecule has 0 atom stereocenters. The first-order valence-corrected chi connectivity index (χ1v) is 7.05. The third kappa shape index (κ3) is 3.13. The first-order valence-electron chi connectivity index (χ1n) is 7.05. The van der Waals surface area contributed by atoms with Gasteiger partial charge in [-0.1, -0.05) is 12.1 Å². The molecule has 0 saturated carbocycles. The van der Waals surface area contributed by atoms with Crippen LogP contribution in [0, 0.1) is 0 Å². The monoisotopic (exact) mass is 308 g/mol. The van der Waals surface area contributed by atoms with Crippen molar-refractivity contribution in [1.82, 2.24) is 9.97 Å². The molecule has 22 heavy (non-hydrogen) atoms. The van der Waals surface area contributed by atoms with Gasteiger partial charge in [0.15, 0.2) is 0 Å². The maximum Gasteiger partial charge on any atom is 0.418 e. The Morgan fingerprint density at radius 2 is 1.77 bits per heavy atom. The molecule has 116 valence electrons. The van der Waals surface area contributed by atoms with Crippen molar-refractivity contribution in [1.29, 1.82) is 0 Å². The van der Waals surface area contributed by atoms with Gasteiger partial charge < -0.3 is 10.2 Å². The summed E-state index contributed by atoms with van der Waals surface area (Å²) in [4.78, 5) is 10.4. The lowest BCUT2D eigenvalue weighted by Crippen LogP contribution is -2.19. The molecular formula is C15H15F3N4. The highest BCUT2D eigenvalue weighted by atomic mass is 19.4. The Morgan fingerprint density at radius 1 is 1.05 bits per heavy atom. The number of alkyl halides is 3. The van der Waals surface area contributed by atoms with Crippen LogP contribution >= 0.6 is 0 Å². The third-order valence-corrected chi connectivity index (χ3v) is 3.55. The van der Waals surface area contributed by atoms with Crippen LogP contribution in [0.3, 0.4) is 0 Å². The molecule has 1 aliphatic rings. The molecule has 1 N–H and O–H groups in total. The SMILES string of the molecule is FC(F)(F)c1ccccc1Nc1nccc(N2CCCC2)n1. The fraction of sp³-hybridized carbons (Fsp3) is 0.333. The van der Waals surface area contributed by atoms with E-state index in [1.165, 1.54) is 12.1 Å². The summed E-state index contributed by atoms with van der Waals surface area (Å²) in [7, 11) is 0. The van der Waals surface area contributed by atoms with Gasteiger partial charge >= 0.3 is 6.18 Å². The van der Waals surface area contributed by atoms with Gasteiger partial charge in [-0.2, -0.15) is 18.2 Å². The van der Waals surface area contributed by atoms with Gasteiger partial charge in [0, 0.05) is 19.3 Å². The van der Waals surface area contributed by atoms with Gasteiger partial charge in [0.05, 0.1) is 11.3 Å². The maximum absolute atomic E-state index is 13.0. The highest BCUT2D eigenvalue weighted by molar-refractivity contribution is 5.60. The molecule has 0 amide bonds. The average Bonchev–Trinajstić information content (AvgIpc) is 3.01. The van der Waals surface area contributed by atoms with Gasteiger partial charge in [-0.3, -0.25) is 0 Å². The van der Waals surface area contributed by atoms with Crippen LogP contribution in [-0.4, -0.2) is 23.1 Å². The van der Waals surface area contributed by atoms with Crippen molar-refractivity contribution in [3.8, 4) is 0 Å². The summed E-state index contributed by atoms with van der Waals surface area (Å²) in [6, 6.07) is 7.07. The topological polar surface area (TPSA) is 41.1 Å². The number of hydrogen-bond donors (Lipinski definition) is 1. The predicted octanol–water partition coefficient (Wildman–Crippen LogP) is 3.84. The molecule has 2 heterocycles. The van der Waals surface area contributed by atoms with Crippen LogP contribution in [0.2, 0.25) is 0 Å². The number of nitrogens with one attached hydrogen (secondary N) is 1. The van der Waals surface area contributed by atoms with Crippen molar-refractivity contribution in [2.24, 2.45) is 0 Å². The van der Waals surface area contributed by atoms with Gasteiger partial charge in [-0.25, -0.2) is 4.98 Å². The van der Waals surface area contributed by atoms with Crippen molar-refractivity contribution >= 4 is 17.5 Å². The maximum atomic E-state index is 13.0. The zero-order valence-electron chi connectivity index (χ0n) is 11.8. The van der Waals surface area contributed by atoms with Crippen LogP contribution < -0.4 is 10.2 Å². The quantitative estimate of drug-likeness (QED) is 0.935. The minimum atomic E-state index is -4.42. The van der Waals surface area contributed by atoms with Gasteiger partial charge in [0.25, 0.3) is 0 Å². The lowest BCUT2D eigenvalue weighted by Gasteiger charge is -2.17. The molecule has 0 aliphatic carbocycles. The van der Waals surface area contributed by atoms with Crippen LogP contribution in [0.5, 0.6) is 0 Å². The smallest absolute Gasteiger partial charge is 0.356 e. The highest BCUT2D eigenvalue weighted by Crippen LogP contribution is 2.35. The first kappa shape index (κ1) is 14.6. The second-order valence-electron chi connectivity index (χ2n) is 5.10. The average molecular weight is 308 g/mol. The van der Waals surface area contributed by atoms with E-state index >= 15 is 0 Å². The molecule has 0 bridgehead atoms. The molecule has 1 aromatic carbocycles. The molecule has 1 saturated heterocycles. The van der Waals surface area contributed by atoms with Crippen LogP contribution in [0.1, 0.15) is 18.4 Å². The number of rotatable bonds is 3. The third-order valence-electron chi connectivity index (χ3n) is 3.55. The summed E-state index contributed by atoms with van der Waals surface area (Å²) in [6.07, 6.45) is -0.664. The van der Waals surface area contributed by atoms with E-state index in [0.29, 0.717) is 0 Å². The Kier molecular flexibility index (Phi) is 3.87. The summed E-state index contributed by atoms with van der Waals surface area (Å²) >= 11 is 0. The Hall–Kier alpha value is -2.31. The van der Waals surface area contributed by atoms with E-state index in [1.807, 2.05) is 0 Å². The normalized spacial score (nSPS) is 15.1. The predicted molar refractivity (Wildman–Crippen MR) is 78.2 cm³/mol. The van der Waals surface area contributed by atoms with E-state index < -0.39 is 11.7 Å². The summed E-state index contributed by atoms with van der Waals surface area (Å²) in [6.45, 7) is 1.82. The molecule has 2 aromatic rings. The van der Waals surface area contributed by atoms with Gasteiger partial charge in [0.2, 0.25) is 5.95 Å². The number of benzene rings is 1. The van der Waals surface area contributed by atoms with Gasteiger partial charge in [-0.15, -0.1) is 0 Å². The number of para-hydroxylation sites is 1. The lowest BCUT2D eigenvalue weighted by molar-refractivity contribution is -0.136. The van der Waals surface area contributed by atoms with Crippen LogP contribution in [-0.2, 0) is 6.18 Å². The summed E-state index contributed by atoms with van der Waals surface area (Å²) < 4.78 is 39.0. The summed E-state index contributed by atoms with van der Waals surface area (Å²) in [5.74, 6) is 0.903. The number of aromatic nitrogens is 2. The molecule has 1 aliphatic heterocycles. The van der Waals surface area contributed by atoms with E-state index in [1.54, 1.807) is 18.3 Å². The van der Waals surface area contributed by atoms with E-state index in [-0.39, 0.29) is 11.6 Å². The second-order valence-corrected chi connectivity index (χ2v) is 5.10. The molecule has 1 aromatic heterocycles. The Morgan fingerprint density at radius 3 is 2.50 bits per heavy atom. The second kappa shape index (κ2) is 5.82. The molecular weight excluding hydrogens is 293 g/mol.